The van der Waals surface area contributed by atoms with Crippen LogP contribution in [-0.4, -0.2) is 22.9 Å². The summed E-state index contributed by atoms with van der Waals surface area (Å²) in [5.74, 6) is -0.829. The first-order valence-corrected chi connectivity index (χ1v) is 2.51. The smallest absolute Gasteiger partial charge is 0.349 e. The topological polar surface area (TPSA) is 66.8 Å². The minimum atomic E-state index is -1.01. The van der Waals surface area contributed by atoms with Crippen LogP contribution in [0.25, 0.3) is 0 Å². The molecule has 0 aromatic rings. The van der Waals surface area contributed by atoms with Gasteiger partial charge in [-0.25, -0.2) is 4.79 Å². The molecule has 4 heteroatoms. The zero-order valence-corrected chi connectivity index (χ0v) is 5.42. The molecule has 0 aliphatic carbocycles. The van der Waals surface area contributed by atoms with E-state index in [1.165, 1.54) is 13.8 Å². The minimum absolute atomic E-state index is 0.341. The molecule has 0 bridgehead atoms. The Morgan fingerprint density at radius 3 is 2.22 bits per heavy atom. The summed E-state index contributed by atoms with van der Waals surface area (Å²) in [6.07, 6.45) is 0. The Morgan fingerprint density at radius 2 is 2.11 bits per heavy atom. The van der Waals surface area contributed by atoms with Crippen molar-refractivity contribution in [1.29, 1.82) is 0 Å². The molecule has 0 fully saturated rings. The van der Waals surface area contributed by atoms with Crippen molar-refractivity contribution in [1.82, 2.24) is 0 Å². The predicted octanol–water partition coefficient (Wildman–Crippen LogP) is 0.0211. The van der Waals surface area contributed by atoms with Gasteiger partial charge < -0.3 is 9.99 Å². The highest BCUT2D eigenvalue weighted by molar-refractivity contribution is 5.75. The molecule has 0 amide bonds. The maximum Gasteiger partial charge on any atom is 0.349 e. The van der Waals surface area contributed by atoms with E-state index in [0.29, 0.717) is 0 Å². The van der Waals surface area contributed by atoms with Crippen LogP contribution in [-0.2, 0) is 9.68 Å². The van der Waals surface area contributed by atoms with Gasteiger partial charge in [0.2, 0.25) is 0 Å². The van der Waals surface area contributed by atoms with Gasteiger partial charge >= 0.3 is 5.97 Å². The molecule has 9 heavy (non-hydrogen) atoms. The monoisotopic (exact) mass is 134 g/mol. The Hall–Kier alpha value is -0.610. The highest BCUT2D eigenvalue weighted by Crippen LogP contribution is 2.14. The molecular weight excluding hydrogens is 124 g/mol. The van der Waals surface area contributed by atoms with Gasteiger partial charge in [-0.2, -0.15) is 5.26 Å². The van der Waals surface area contributed by atoms with Crippen molar-refractivity contribution in [2.45, 2.75) is 13.8 Å². The molecular formula is C5H10O4. The number of carbonyl (C=O) groups is 1. The van der Waals surface area contributed by atoms with Crippen molar-refractivity contribution in [2.24, 2.45) is 5.41 Å². The fourth-order valence-corrected chi connectivity index (χ4v) is 0.188. The van der Waals surface area contributed by atoms with Crippen molar-refractivity contribution in [2.75, 3.05) is 6.61 Å². The molecule has 0 rings (SSSR count). The predicted molar refractivity (Wildman–Crippen MR) is 29.6 cm³/mol. The molecule has 0 atom stereocenters. The first-order chi connectivity index (χ1) is 4.04. The molecule has 54 valence electrons. The summed E-state index contributed by atoms with van der Waals surface area (Å²) in [4.78, 5) is 13.8. The van der Waals surface area contributed by atoms with Crippen molar-refractivity contribution < 1.29 is 20.0 Å². The Balaban J connectivity index is 3.97. The van der Waals surface area contributed by atoms with Crippen LogP contribution >= 0.6 is 0 Å². The van der Waals surface area contributed by atoms with E-state index in [1.807, 2.05) is 0 Å². The van der Waals surface area contributed by atoms with E-state index in [1.54, 1.807) is 0 Å². The number of hydrogen-bond donors (Lipinski definition) is 2. The standard InChI is InChI=1S/C5H10O4/c1-5(2,3-6)4(7)9-8/h6,8H,3H2,1-2H3. The highest BCUT2D eigenvalue weighted by atomic mass is 17.1. The van der Waals surface area contributed by atoms with Crippen LogP contribution in [0.15, 0.2) is 0 Å². The van der Waals surface area contributed by atoms with Crippen molar-refractivity contribution in [3.63, 3.8) is 0 Å². The molecule has 0 heterocycles. The van der Waals surface area contributed by atoms with Crippen molar-refractivity contribution >= 4 is 5.97 Å². The summed E-state index contributed by atoms with van der Waals surface area (Å²) in [6.45, 7) is 2.59. The number of aliphatic hydroxyl groups is 1. The maximum atomic E-state index is 10.4. The SMILES string of the molecule is CC(C)(CO)C(=O)OO. The maximum absolute atomic E-state index is 10.4. The molecule has 0 aliphatic rings. The van der Waals surface area contributed by atoms with Gasteiger partial charge in [0.1, 0.15) is 0 Å². The molecule has 0 radical (unpaired) electrons. The van der Waals surface area contributed by atoms with Crippen LogP contribution in [0.5, 0.6) is 0 Å². The van der Waals surface area contributed by atoms with Gasteiger partial charge in [-0.05, 0) is 13.8 Å². The van der Waals surface area contributed by atoms with Crippen molar-refractivity contribution in [3.05, 3.63) is 0 Å². The average molecular weight is 134 g/mol. The van der Waals surface area contributed by atoms with E-state index >= 15 is 0 Å². The molecule has 0 aromatic heterocycles. The normalized spacial score (nSPS) is 11.1. The van der Waals surface area contributed by atoms with Crippen LogP contribution in [0.4, 0.5) is 0 Å². The average Bonchev–Trinajstić information content (AvgIpc) is 1.86. The summed E-state index contributed by atoms with van der Waals surface area (Å²) in [5, 5.41) is 16.3. The van der Waals surface area contributed by atoms with Gasteiger partial charge in [-0.15, -0.1) is 0 Å². The third kappa shape index (κ3) is 1.99. The largest absolute Gasteiger partial charge is 0.395 e. The molecule has 0 unspecified atom stereocenters. The molecule has 0 aliphatic heterocycles. The number of hydrogen-bond acceptors (Lipinski definition) is 4. The van der Waals surface area contributed by atoms with Crippen LogP contribution < -0.4 is 0 Å². The van der Waals surface area contributed by atoms with E-state index in [0.717, 1.165) is 0 Å². The molecule has 0 saturated heterocycles. The lowest BCUT2D eigenvalue weighted by molar-refractivity contribution is -0.245. The molecule has 4 nitrogen and oxygen atoms in total. The second-order valence-corrected chi connectivity index (χ2v) is 2.42. The minimum Gasteiger partial charge on any atom is -0.395 e. The zero-order chi connectivity index (χ0) is 7.49. The lowest BCUT2D eigenvalue weighted by atomic mass is 9.96. The summed E-state index contributed by atoms with van der Waals surface area (Å²) >= 11 is 0. The second-order valence-electron chi connectivity index (χ2n) is 2.42. The van der Waals surface area contributed by atoms with E-state index < -0.39 is 11.4 Å². The third-order valence-electron chi connectivity index (χ3n) is 1.03. The van der Waals surface area contributed by atoms with Crippen LogP contribution in [0, 0.1) is 5.41 Å². The lowest BCUT2D eigenvalue weighted by Crippen LogP contribution is -2.29. The van der Waals surface area contributed by atoms with Crippen LogP contribution in [0.3, 0.4) is 0 Å². The van der Waals surface area contributed by atoms with E-state index in [4.69, 9.17) is 10.4 Å². The first-order valence-electron chi connectivity index (χ1n) is 2.51. The Kier molecular flexibility index (Phi) is 2.61. The lowest BCUT2D eigenvalue weighted by Gasteiger charge is -2.15. The third-order valence-corrected chi connectivity index (χ3v) is 1.03. The molecule has 0 aromatic carbocycles. The summed E-state index contributed by atoms with van der Waals surface area (Å²) < 4.78 is 0. The Labute approximate surface area is 53.0 Å². The number of aliphatic hydroxyl groups excluding tert-OH is 1. The van der Waals surface area contributed by atoms with E-state index in [-0.39, 0.29) is 6.61 Å². The number of carbonyl (C=O) groups excluding carboxylic acids is 1. The van der Waals surface area contributed by atoms with E-state index in [2.05, 4.69) is 4.89 Å². The van der Waals surface area contributed by atoms with Crippen LogP contribution in [0.1, 0.15) is 13.8 Å². The van der Waals surface area contributed by atoms with Gasteiger partial charge in [0, 0.05) is 0 Å². The molecule has 0 spiro atoms. The fraction of sp³-hybridized carbons (Fsp3) is 0.800. The van der Waals surface area contributed by atoms with Gasteiger partial charge in [0.15, 0.2) is 0 Å². The summed E-state index contributed by atoms with van der Waals surface area (Å²) in [6, 6.07) is 0. The quantitative estimate of drug-likeness (QED) is 0.412. The van der Waals surface area contributed by atoms with Gasteiger partial charge in [0.05, 0.1) is 12.0 Å². The Bertz CT molecular complexity index is 108. The summed E-state index contributed by atoms with van der Waals surface area (Å²) in [7, 11) is 0. The van der Waals surface area contributed by atoms with Gasteiger partial charge in [0.25, 0.3) is 0 Å². The Morgan fingerprint density at radius 1 is 1.67 bits per heavy atom. The zero-order valence-electron chi connectivity index (χ0n) is 5.42. The molecule has 2 N–H and O–H groups in total. The second kappa shape index (κ2) is 2.80. The highest BCUT2D eigenvalue weighted by Gasteiger charge is 2.28. The van der Waals surface area contributed by atoms with Crippen molar-refractivity contribution in [3.8, 4) is 0 Å². The number of rotatable bonds is 2. The fourth-order valence-electron chi connectivity index (χ4n) is 0.188. The summed E-state index contributed by atoms with van der Waals surface area (Å²) in [5.41, 5.74) is -1.01. The van der Waals surface area contributed by atoms with E-state index in [9.17, 15) is 4.79 Å². The van der Waals surface area contributed by atoms with Gasteiger partial charge in [-0.1, -0.05) is 0 Å². The van der Waals surface area contributed by atoms with Gasteiger partial charge in [-0.3, -0.25) is 0 Å². The molecule has 0 saturated carbocycles. The van der Waals surface area contributed by atoms with Crippen LogP contribution in [0.2, 0.25) is 0 Å². The first kappa shape index (κ1) is 8.39.